The van der Waals surface area contributed by atoms with Crippen molar-refractivity contribution in [2.45, 2.75) is 19.9 Å². The third-order valence-corrected chi connectivity index (χ3v) is 3.23. The zero-order chi connectivity index (χ0) is 16.9. The quantitative estimate of drug-likeness (QED) is 0.237. The number of halogens is 3. The number of nitrogens with zero attached hydrogens (tertiary/aromatic N) is 1. The summed E-state index contributed by atoms with van der Waals surface area (Å²) in [6.45, 7) is 5.83. The fourth-order valence-corrected chi connectivity index (χ4v) is 1.98. The SMILES string of the molecule is CCNC(=NCc1ccc(F)c(Cl)c1)NCCCOCCOC.I. The lowest BCUT2D eigenvalue weighted by Crippen LogP contribution is -2.38. The molecule has 0 aliphatic rings. The monoisotopic (exact) mass is 473 g/mol. The smallest absolute Gasteiger partial charge is 0.191 e. The molecule has 0 aromatic heterocycles. The van der Waals surface area contributed by atoms with Crippen LogP contribution in [0.4, 0.5) is 4.39 Å². The van der Waals surface area contributed by atoms with Gasteiger partial charge in [0.05, 0.1) is 24.8 Å². The van der Waals surface area contributed by atoms with Crippen molar-refractivity contribution >= 4 is 41.5 Å². The van der Waals surface area contributed by atoms with Crippen molar-refractivity contribution in [3.63, 3.8) is 0 Å². The summed E-state index contributed by atoms with van der Waals surface area (Å²) in [6, 6.07) is 4.62. The third-order valence-electron chi connectivity index (χ3n) is 2.94. The number of aliphatic imine (C=N–C) groups is 1. The minimum atomic E-state index is -0.419. The summed E-state index contributed by atoms with van der Waals surface area (Å²) in [5.74, 6) is 0.294. The molecule has 1 aromatic rings. The summed E-state index contributed by atoms with van der Waals surface area (Å²) in [7, 11) is 1.65. The zero-order valence-electron chi connectivity index (χ0n) is 14.1. The fraction of sp³-hybridized carbons (Fsp3) is 0.562. The average molecular weight is 474 g/mol. The average Bonchev–Trinajstić information content (AvgIpc) is 2.54. The van der Waals surface area contributed by atoms with Gasteiger partial charge in [-0.3, -0.25) is 0 Å². The lowest BCUT2D eigenvalue weighted by Gasteiger charge is -2.11. The lowest BCUT2D eigenvalue weighted by molar-refractivity contribution is 0.0698. The van der Waals surface area contributed by atoms with Crippen LogP contribution in [0.2, 0.25) is 5.02 Å². The number of benzene rings is 1. The van der Waals surface area contributed by atoms with Gasteiger partial charge in [0.15, 0.2) is 5.96 Å². The van der Waals surface area contributed by atoms with Crippen LogP contribution in [0.5, 0.6) is 0 Å². The van der Waals surface area contributed by atoms with E-state index in [0.717, 1.165) is 25.1 Å². The number of hydrogen-bond acceptors (Lipinski definition) is 3. The Balaban J connectivity index is 0.00000529. The van der Waals surface area contributed by atoms with Crippen molar-refractivity contribution in [3.8, 4) is 0 Å². The van der Waals surface area contributed by atoms with Crippen LogP contribution < -0.4 is 10.6 Å². The first kappa shape index (κ1) is 23.4. The maximum absolute atomic E-state index is 13.1. The number of nitrogens with one attached hydrogen (secondary N) is 2. The topological polar surface area (TPSA) is 54.9 Å². The van der Waals surface area contributed by atoms with Gasteiger partial charge in [0.25, 0.3) is 0 Å². The highest BCUT2D eigenvalue weighted by atomic mass is 127. The van der Waals surface area contributed by atoms with Crippen LogP contribution in [0, 0.1) is 5.82 Å². The Kier molecular flexibility index (Phi) is 14.3. The van der Waals surface area contributed by atoms with E-state index in [1.54, 1.807) is 19.2 Å². The summed E-state index contributed by atoms with van der Waals surface area (Å²) < 4.78 is 23.4. The molecule has 0 aliphatic heterocycles. The second kappa shape index (κ2) is 14.7. The van der Waals surface area contributed by atoms with Crippen molar-refractivity contribution in [1.29, 1.82) is 0 Å². The molecule has 2 N–H and O–H groups in total. The molecule has 8 heteroatoms. The molecule has 0 spiro atoms. The highest BCUT2D eigenvalue weighted by Gasteiger charge is 2.01. The van der Waals surface area contributed by atoms with Crippen LogP contribution >= 0.6 is 35.6 Å². The molecule has 0 aliphatic carbocycles. The van der Waals surface area contributed by atoms with Crippen molar-refractivity contribution in [3.05, 3.63) is 34.6 Å². The van der Waals surface area contributed by atoms with E-state index >= 15 is 0 Å². The molecule has 138 valence electrons. The van der Waals surface area contributed by atoms with Gasteiger partial charge in [0.1, 0.15) is 5.82 Å². The Hall–Kier alpha value is -0.640. The highest BCUT2D eigenvalue weighted by Crippen LogP contribution is 2.16. The van der Waals surface area contributed by atoms with E-state index in [1.807, 2.05) is 6.92 Å². The minimum Gasteiger partial charge on any atom is -0.382 e. The van der Waals surface area contributed by atoms with Gasteiger partial charge >= 0.3 is 0 Å². The van der Waals surface area contributed by atoms with E-state index in [4.69, 9.17) is 21.1 Å². The Morgan fingerprint density at radius 3 is 2.71 bits per heavy atom. The number of methoxy groups -OCH3 is 1. The first-order valence-corrected chi connectivity index (χ1v) is 8.08. The molecule has 0 amide bonds. The van der Waals surface area contributed by atoms with E-state index in [9.17, 15) is 4.39 Å². The van der Waals surface area contributed by atoms with Gasteiger partial charge in [-0.25, -0.2) is 9.38 Å². The van der Waals surface area contributed by atoms with Crippen LogP contribution in [0.25, 0.3) is 0 Å². The normalized spacial score (nSPS) is 11.1. The molecule has 0 heterocycles. The highest BCUT2D eigenvalue weighted by molar-refractivity contribution is 14.0. The molecule has 0 bridgehead atoms. The first-order chi connectivity index (χ1) is 11.2. The second-order valence-corrected chi connectivity index (χ2v) is 5.24. The molecule has 1 aromatic carbocycles. The summed E-state index contributed by atoms with van der Waals surface area (Å²) >= 11 is 5.77. The van der Waals surface area contributed by atoms with Gasteiger partial charge < -0.3 is 20.1 Å². The van der Waals surface area contributed by atoms with Gasteiger partial charge in [-0.15, -0.1) is 24.0 Å². The molecule has 0 atom stereocenters. The van der Waals surface area contributed by atoms with Gasteiger partial charge in [0, 0.05) is 26.8 Å². The largest absolute Gasteiger partial charge is 0.382 e. The van der Waals surface area contributed by atoms with Crippen LogP contribution in [0.1, 0.15) is 18.9 Å². The predicted molar refractivity (Wildman–Crippen MR) is 107 cm³/mol. The molecule has 0 radical (unpaired) electrons. The fourth-order valence-electron chi connectivity index (χ4n) is 1.78. The Morgan fingerprint density at radius 1 is 1.25 bits per heavy atom. The molecule has 0 fully saturated rings. The molecule has 24 heavy (non-hydrogen) atoms. The molecule has 1 rings (SSSR count). The van der Waals surface area contributed by atoms with E-state index in [-0.39, 0.29) is 29.0 Å². The molecular formula is C16H26ClFIN3O2. The van der Waals surface area contributed by atoms with Crippen LogP contribution in [-0.4, -0.2) is 46.0 Å². The number of hydrogen-bond donors (Lipinski definition) is 2. The van der Waals surface area contributed by atoms with E-state index in [1.165, 1.54) is 6.07 Å². The van der Waals surface area contributed by atoms with Crippen molar-refractivity contribution < 1.29 is 13.9 Å². The van der Waals surface area contributed by atoms with Gasteiger partial charge in [-0.1, -0.05) is 17.7 Å². The zero-order valence-corrected chi connectivity index (χ0v) is 17.2. The Morgan fingerprint density at radius 2 is 2.04 bits per heavy atom. The predicted octanol–water partition coefficient (Wildman–Crippen LogP) is 3.21. The molecule has 5 nitrogen and oxygen atoms in total. The maximum atomic E-state index is 13.1. The van der Waals surface area contributed by atoms with Gasteiger partial charge in [-0.2, -0.15) is 0 Å². The van der Waals surface area contributed by atoms with Crippen molar-refractivity contribution in [2.24, 2.45) is 4.99 Å². The standard InChI is InChI=1S/C16H25ClFN3O2.HI/c1-3-19-16(20-7-4-8-23-10-9-22-2)21-12-13-5-6-15(18)14(17)11-13;/h5-6,11H,3-4,7-10,12H2,1-2H3,(H2,19,20,21);1H. The molecule has 0 unspecified atom stereocenters. The van der Waals surface area contributed by atoms with E-state index in [2.05, 4.69) is 15.6 Å². The molecule has 0 saturated heterocycles. The Labute approximate surface area is 165 Å². The second-order valence-electron chi connectivity index (χ2n) is 4.83. The summed E-state index contributed by atoms with van der Waals surface area (Å²) in [6.07, 6.45) is 0.872. The Bertz CT molecular complexity index is 492. The lowest BCUT2D eigenvalue weighted by atomic mass is 10.2. The van der Waals surface area contributed by atoms with Gasteiger partial charge in [0.2, 0.25) is 0 Å². The third kappa shape index (κ3) is 10.3. The first-order valence-electron chi connectivity index (χ1n) is 7.70. The number of guanidine groups is 1. The number of rotatable bonds is 10. The van der Waals surface area contributed by atoms with Crippen LogP contribution in [0.15, 0.2) is 23.2 Å². The summed E-state index contributed by atoms with van der Waals surface area (Å²) in [4.78, 5) is 4.45. The molecular weight excluding hydrogens is 448 g/mol. The van der Waals surface area contributed by atoms with E-state index in [0.29, 0.717) is 32.3 Å². The van der Waals surface area contributed by atoms with E-state index < -0.39 is 5.82 Å². The maximum Gasteiger partial charge on any atom is 0.191 e. The molecule has 0 saturated carbocycles. The van der Waals surface area contributed by atoms with Crippen molar-refractivity contribution in [1.82, 2.24) is 10.6 Å². The number of ether oxygens (including phenoxy) is 2. The summed E-state index contributed by atoms with van der Waals surface area (Å²) in [5, 5.41) is 6.50. The minimum absolute atomic E-state index is 0. The van der Waals surface area contributed by atoms with Crippen LogP contribution in [-0.2, 0) is 16.0 Å². The summed E-state index contributed by atoms with van der Waals surface area (Å²) in [5.41, 5.74) is 0.858. The van der Waals surface area contributed by atoms with Crippen molar-refractivity contribution in [2.75, 3.05) is 40.0 Å². The van der Waals surface area contributed by atoms with Gasteiger partial charge in [-0.05, 0) is 31.0 Å². The van der Waals surface area contributed by atoms with Crippen LogP contribution in [0.3, 0.4) is 0 Å².